The molecule has 3 heterocycles. The number of nitrogens with zero attached hydrogens (tertiary/aromatic N) is 1. The van der Waals surface area contributed by atoms with Crippen LogP contribution in [0.25, 0.3) is 49.4 Å². The Morgan fingerprint density at radius 2 is 1.50 bits per heavy atom. The van der Waals surface area contributed by atoms with Gasteiger partial charge in [-0.15, -0.1) is 0 Å². The number of fused-ring (bicyclic) bond motifs is 3. The Balaban J connectivity index is 1.42. The number of aromatic nitrogens is 1. The van der Waals surface area contributed by atoms with Crippen molar-refractivity contribution in [3.63, 3.8) is 0 Å². The minimum absolute atomic E-state index is 0.124. The molecule has 9 rings (SSSR count). The molecular formula is C39H30BN2. The zero-order valence-electron chi connectivity index (χ0n) is 24.3. The van der Waals surface area contributed by atoms with E-state index < -0.39 is 0 Å². The standard InChI is InChI=1S/C39H30BN2/c1-22-16-18-25(19-17-22)41-32-15-8-7-12-27(32)28-20-23(2)33-29-21-24-10-5-6-11-26(24)34-36(29)42-37-30(39(34,3)4)13-9-14-31(37)40-35(28)38(33)42/h5-21,41H,1-4H3. The molecule has 0 atom stereocenters. The van der Waals surface area contributed by atoms with Gasteiger partial charge in [-0.3, -0.25) is 0 Å². The molecule has 1 N–H and O–H groups in total. The van der Waals surface area contributed by atoms with Gasteiger partial charge in [-0.2, -0.15) is 0 Å². The highest BCUT2D eigenvalue weighted by atomic mass is 15.0. The average molecular weight is 537 g/mol. The first kappa shape index (κ1) is 23.9. The van der Waals surface area contributed by atoms with Crippen molar-refractivity contribution >= 4 is 62.2 Å². The summed E-state index contributed by atoms with van der Waals surface area (Å²) < 4.78 is 2.62. The van der Waals surface area contributed by atoms with Gasteiger partial charge in [0.05, 0.1) is 5.52 Å². The zero-order chi connectivity index (χ0) is 28.3. The van der Waals surface area contributed by atoms with E-state index in [4.69, 9.17) is 0 Å². The summed E-state index contributed by atoms with van der Waals surface area (Å²) in [5.74, 6) is 0. The van der Waals surface area contributed by atoms with E-state index in [0.717, 1.165) is 11.4 Å². The largest absolute Gasteiger partial charge is 0.355 e. The molecule has 7 aromatic rings. The predicted molar refractivity (Wildman–Crippen MR) is 180 cm³/mol. The normalized spacial score (nSPS) is 14.1. The smallest absolute Gasteiger partial charge is 0.197 e. The topological polar surface area (TPSA) is 17.0 Å². The molecule has 3 heteroatoms. The van der Waals surface area contributed by atoms with Crippen LogP contribution in [0.1, 0.15) is 36.1 Å². The van der Waals surface area contributed by atoms with Crippen LogP contribution in [0.3, 0.4) is 0 Å². The molecule has 2 nitrogen and oxygen atoms in total. The van der Waals surface area contributed by atoms with E-state index in [1.165, 1.54) is 82.6 Å². The molecule has 1 radical (unpaired) electrons. The highest BCUT2D eigenvalue weighted by Gasteiger charge is 2.40. The number of hydrogen-bond donors (Lipinski definition) is 1. The minimum atomic E-state index is -0.124. The third kappa shape index (κ3) is 3.01. The van der Waals surface area contributed by atoms with Crippen molar-refractivity contribution in [3.05, 3.63) is 125 Å². The van der Waals surface area contributed by atoms with Gasteiger partial charge in [-0.25, -0.2) is 0 Å². The Labute approximate surface area is 246 Å². The maximum Gasteiger partial charge on any atom is 0.197 e. The zero-order valence-corrected chi connectivity index (χ0v) is 24.3. The third-order valence-electron chi connectivity index (χ3n) is 9.71. The summed E-state index contributed by atoms with van der Waals surface area (Å²) in [6.45, 7) is 9.24. The summed E-state index contributed by atoms with van der Waals surface area (Å²) in [6.07, 6.45) is 0. The van der Waals surface area contributed by atoms with Crippen LogP contribution in [-0.4, -0.2) is 11.8 Å². The van der Waals surface area contributed by atoms with E-state index in [-0.39, 0.29) is 5.41 Å². The van der Waals surface area contributed by atoms with Gasteiger partial charge in [0, 0.05) is 44.3 Å². The Hall–Kier alpha value is -4.76. The third-order valence-corrected chi connectivity index (χ3v) is 9.71. The van der Waals surface area contributed by atoms with Gasteiger partial charge in [0.25, 0.3) is 0 Å². The first-order valence-electron chi connectivity index (χ1n) is 14.9. The molecule has 0 amide bonds. The fourth-order valence-corrected chi connectivity index (χ4v) is 7.83. The van der Waals surface area contributed by atoms with E-state index in [2.05, 4.69) is 148 Å². The number of hydrogen-bond acceptors (Lipinski definition) is 1. The second kappa shape index (κ2) is 8.17. The number of rotatable bonds is 3. The molecule has 199 valence electrons. The van der Waals surface area contributed by atoms with Crippen molar-refractivity contribution in [2.75, 3.05) is 5.32 Å². The summed E-state index contributed by atoms with van der Waals surface area (Å²) in [7, 11) is 2.44. The molecule has 2 aliphatic heterocycles. The minimum Gasteiger partial charge on any atom is -0.355 e. The molecular weight excluding hydrogens is 507 g/mol. The number of nitrogens with one attached hydrogen (secondary N) is 1. The highest BCUT2D eigenvalue weighted by Crippen LogP contribution is 2.51. The predicted octanol–water partition coefficient (Wildman–Crippen LogP) is 8.57. The number of anilines is 2. The van der Waals surface area contributed by atoms with E-state index in [1.54, 1.807) is 0 Å². The van der Waals surface area contributed by atoms with Crippen LogP contribution in [0.15, 0.2) is 103 Å². The van der Waals surface area contributed by atoms with Crippen LogP contribution < -0.4 is 16.2 Å². The molecule has 0 aliphatic carbocycles. The first-order valence-corrected chi connectivity index (χ1v) is 14.9. The fourth-order valence-electron chi connectivity index (χ4n) is 7.83. The first-order chi connectivity index (χ1) is 20.4. The van der Waals surface area contributed by atoms with E-state index >= 15 is 0 Å². The van der Waals surface area contributed by atoms with Crippen molar-refractivity contribution in [2.45, 2.75) is 33.1 Å². The summed E-state index contributed by atoms with van der Waals surface area (Å²) in [4.78, 5) is 0. The number of para-hydroxylation sites is 2. The summed E-state index contributed by atoms with van der Waals surface area (Å²) in [5.41, 5.74) is 16.6. The average Bonchev–Trinajstić information content (AvgIpc) is 3.34. The van der Waals surface area contributed by atoms with Gasteiger partial charge < -0.3 is 9.88 Å². The molecule has 0 bridgehead atoms. The van der Waals surface area contributed by atoms with Crippen LogP contribution in [0.2, 0.25) is 0 Å². The van der Waals surface area contributed by atoms with Crippen LogP contribution in [-0.2, 0) is 5.41 Å². The van der Waals surface area contributed by atoms with Gasteiger partial charge in [0.15, 0.2) is 7.28 Å². The molecule has 1 aromatic heterocycles. The van der Waals surface area contributed by atoms with Crippen molar-refractivity contribution in [1.29, 1.82) is 0 Å². The van der Waals surface area contributed by atoms with E-state index in [0.29, 0.717) is 0 Å². The molecule has 0 saturated heterocycles. The maximum atomic E-state index is 3.73. The highest BCUT2D eigenvalue weighted by molar-refractivity contribution is 6.73. The van der Waals surface area contributed by atoms with Crippen LogP contribution >= 0.6 is 0 Å². The van der Waals surface area contributed by atoms with E-state index in [1.807, 2.05) is 0 Å². The van der Waals surface area contributed by atoms with Gasteiger partial charge in [-0.1, -0.05) is 104 Å². The Morgan fingerprint density at radius 3 is 2.36 bits per heavy atom. The molecule has 0 spiro atoms. The summed E-state index contributed by atoms with van der Waals surface area (Å²) in [6, 6.07) is 38.1. The lowest BCUT2D eigenvalue weighted by molar-refractivity contribution is 0.637. The van der Waals surface area contributed by atoms with Crippen molar-refractivity contribution in [1.82, 2.24) is 4.57 Å². The molecule has 0 fully saturated rings. The van der Waals surface area contributed by atoms with Crippen LogP contribution in [0, 0.1) is 13.8 Å². The van der Waals surface area contributed by atoms with Crippen LogP contribution in [0.5, 0.6) is 0 Å². The Bertz CT molecular complexity index is 2290. The van der Waals surface area contributed by atoms with Gasteiger partial charge in [-0.05, 0) is 76.6 Å². The lowest BCUT2D eigenvalue weighted by atomic mass is 9.57. The Kier molecular flexibility index (Phi) is 4.65. The lowest BCUT2D eigenvalue weighted by Crippen LogP contribution is -2.41. The Morgan fingerprint density at radius 1 is 0.714 bits per heavy atom. The van der Waals surface area contributed by atoms with Gasteiger partial charge >= 0.3 is 0 Å². The second-order valence-corrected chi connectivity index (χ2v) is 12.6. The fraction of sp³-hybridized carbons (Fsp3) is 0.128. The summed E-state index contributed by atoms with van der Waals surface area (Å²) in [5, 5.41) is 9.12. The maximum absolute atomic E-state index is 3.73. The molecule has 6 aromatic carbocycles. The molecule has 0 unspecified atom stereocenters. The SMILES string of the molecule is Cc1ccc(Nc2ccccc2-c2cc(C)c3c4cc5ccccc5c5c4n4c3c2[B]c2cccc(c2-4)C5(C)C)cc1. The monoisotopic (exact) mass is 537 g/mol. The second-order valence-electron chi connectivity index (χ2n) is 12.6. The molecule has 2 aliphatic rings. The number of aryl methyl sites for hydroxylation is 2. The van der Waals surface area contributed by atoms with Gasteiger partial charge in [0.1, 0.15) is 0 Å². The van der Waals surface area contributed by atoms with Gasteiger partial charge in [0.2, 0.25) is 0 Å². The van der Waals surface area contributed by atoms with E-state index in [9.17, 15) is 0 Å². The van der Waals surface area contributed by atoms with Crippen LogP contribution in [0.4, 0.5) is 11.4 Å². The molecule has 0 saturated carbocycles. The van der Waals surface area contributed by atoms with Crippen molar-refractivity contribution in [3.8, 4) is 16.8 Å². The quantitative estimate of drug-likeness (QED) is 0.224. The lowest BCUT2D eigenvalue weighted by Gasteiger charge is -2.38. The van der Waals surface area contributed by atoms with Crippen molar-refractivity contribution in [2.24, 2.45) is 0 Å². The van der Waals surface area contributed by atoms with Crippen molar-refractivity contribution < 1.29 is 0 Å². The molecule has 42 heavy (non-hydrogen) atoms. The number of benzene rings is 6. The summed E-state index contributed by atoms with van der Waals surface area (Å²) >= 11 is 0.